The van der Waals surface area contributed by atoms with Crippen LogP contribution in [-0.2, 0) is 6.61 Å². The van der Waals surface area contributed by atoms with Crippen molar-refractivity contribution in [3.8, 4) is 5.75 Å². The third-order valence-corrected chi connectivity index (χ3v) is 3.24. The molecule has 0 bridgehead atoms. The van der Waals surface area contributed by atoms with Gasteiger partial charge in [0.25, 0.3) is 0 Å². The maximum absolute atomic E-state index is 5.96. The van der Waals surface area contributed by atoms with E-state index in [0.29, 0.717) is 6.61 Å². The lowest BCUT2D eigenvalue weighted by Gasteiger charge is -2.09. The molecule has 2 rings (SSSR count). The first-order valence-electron chi connectivity index (χ1n) is 8.41. The molecule has 0 aromatic heterocycles. The van der Waals surface area contributed by atoms with Crippen molar-refractivity contribution in [3.63, 3.8) is 0 Å². The summed E-state index contributed by atoms with van der Waals surface area (Å²) in [4.78, 5) is 8.93. The average Bonchev–Trinajstić information content (AvgIpc) is 2.57. The number of hydrogen-bond acceptors (Lipinski definition) is 3. The minimum atomic E-state index is 0.270. The van der Waals surface area contributed by atoms with Crippen LogP contribution in [0.1, 0.15) is 44.4 Å². The van der Waals surface area contributed by atoms with Crippen LogP contribution in [0.5, 0.6) is 5.75 Å². The van der Waals surface area contributed by atoms with E-state index in [1.807, 2.05) is 42.8 Å². The molecule has 0 unspecified atom stereocenters. The van der Waals surface area contributed by atoms with Crippen molar-refractivity contribution >= 4 is 12.4 Å². The maximum Gasteiger partial charge on any atom is 0.121 e. The summed E-state index contributed by atoms with van der Waals surface area (Å²) in [5.74, 6) is 0.830. The summed E-state index contributed by atoms with van der Waals surface area (Å²) in [6.07, 6.45) is 3.79. The van der Waals surface area contributed by atoms with Gasteiger partial charge in [-0.05, 0) is 62.6 Å². The van der Waals surface area contributed by atoms with Crippen molar-refractivity contribution in [2.45, 2.75) is 46.4 Å². The molecule has 0 amide bonds. The van der Waals surface area contributed by atoms with Gasteiger partial charge in [0.2, 0.25) is 0 Å². The summed E-state index contributed by atoms with van der Waals surface area (Å²) in [5.41, 5.74) is 3.20. The number of nitrogens with zero attached hydrogens (tertiary/aromatic N) is 2. The number of hydrogen-bond donors (Lipinski definition) is 0. The van der Waals surface area contributed by atoms with E-state index in [2.05, 4.69) is 55.9 Å². The van der Waals surface area contributed by atoms with Crippen molar-refractivity contribution in [1.82, 2.24) is 0 Å². The summed E-state index contributed by atoms with van der Waals surface area (Å²) in [5, 5.41) is 0. The first kappa shape index (κ1) is 17.9. The zero-order valence-electron chi connectivity index (χ0n) is 14.9. The molecule has 2 aromatic rings. The van der Waals surface area contributed by atoms with E-state index in [1.165, 1.54) is 0 Å². The van der Waals surface area contributed by atoms with Gasteiger partial charge in [-0.25, -0.2) is 0 Å². The quantitative estimate of drug-likeness (QED) is 0.666. The number of benzene rings is 2. The Morgan fingerprint density at radius 1 is 0.833 bits per heavy atom. The Kier molecular flexibility index (Phi) is 6.74. The zero-order chi connectivity index (χ0) is 17.4. The molecule has 0 saturated heterocycles. The van der Waals surface area contributed by atoms with Crippen molar-refractivity contribution in [2.75, 3.05) is 0 Å². The highest BCUT2D eigenvalue weighted by atomic mass is 16.5. The first-order chi connectivity index (χ1) is 11.5. The Morgan fingerprint density at radius 3 is 1.88 bits per heavy atom. The van der Waals surface area contributed by atoms with E-state index in [1.54, 1.807) is 0 Å². The first-order valence-corrected chi connectivity index (χ1v) is 8.41. The monoisotopic (exact) mass is 322 g/mol. The molecule has 0 aliphatic rings. The van der Waals surface area contributed by atoms with Crippen molar-refractivity contribution in [1.29, 1.82) is 0 Å². The number of rotatable bonds is 7. The molecule has 0 radical (unpaired) electrons. The fourth-order valence-electron chi connectivity index (χ4n) is 2.09. The predicted octanol–water partition coefficient (Wildman–Crippen LogP) is 4.92. The highest BCUT2D eigenvalue weighted by Crippen LogP contribution is 2.17. The van der Waals surface area contributed by atoms with Gasteiger partial charge in [0.1, 0.15) is 12.4 Å². The Bertz CT molecular complexity index is 652. The Hall–Kier alpha value is -2.42. The lowest BCUT2D eigenvalue weighted by Crippen LogP contribution is -1.99. The van der Waals surface area contributed by atoms with Crippen LogP contribution < -0.4 is 4.74 Å². The van der Waals surface area contributed by atoms with Crippen LogP contribution in [0.25, 0.3) is 0 Å². The molecule has 0 aliphatic heterocycles. The number of ether oxygens (including phenoxy) is 1. The number of aliphatic imine (C=N–C) groups is 2. The van der Waals surface area contributed by atoms with Gasteiger partial charge in [-0.3, -0.25) is 9.98 Å². The van der Waals surface area contributed by atoms with Crippen LogP contribution >= 0.6 is 0 Å². The van der Waals surface area contributed by atoms with E-state index >= 15 is 0 Å². The minimum Gasteiger partial charge on any atom is -0.489 e. The van der Waals surface area contributed by atoms with E-state index in [9.17, 15) is 0 Å². The fraction of sp³-hybridized carbons (Fsp3) is 0.333. The van der Waals surface area contributed by atoms with E-state index in [0.717, 1.165) is 22.4 Å². The molecule has 0 N–H and O–H groups in total. The predicted molar refractivity (Wildman–Crippen MR) is 103 cm³/mol. The molecule has 0 saturated carbocycles. The van der Waals surface area contributed by atoms with Crippen LogP contribution in [0.15, 0.2) is 58.5 Å². The van der Waals surface area contributed by atoms with Crippen LogP contribution in [-0.4, -0.2) is 24.5 Å². The summed E-state index contributed by atoms with van der Waals surface area (Å²) < 4.78 is 5.96. The highest BCUT2D eigenvalue weighted by molar-refractivity contribution is 5.87. The maximum atomic E-state index is 5.96. The Labute approximate surface area is 145 Å². The normalized spacial score (nSPS) is 11.9. The van der Waals surface area contributed by atoms with Gasteiger partial charge >= 0.3 is 0 Å². The summed E-state index contributed by atoms with van der Waals surface area (Å²) >= 11 is 0. The molecule has 0 spiro atoms. The van der Waals surface area contributed by atoms with Gasteiger partial charge in [-0.2, -0.15) is 0 Å². The third-order valence-electron chi connectivity index (χ3n) is 3.24. The fourth-order valence-corrected chi connectivity index (χ4v) is 2.09. The molecule has 3 nitrogen and oxygen atoms in total. The van der Waals surface area contributed by atoms with Gasteiger partial charge in [0.05, 0.1) is 0 Å². The van der Waals surface area contributed by atoms with Crippen molar-refractivity contribution < 1.29 is 4.74 Å². The van der Waals surface area contributed by atoms with Crippen LogP contribution in [0.4, 0.5) is 0 Å². The molecular weight excluding hydrogens is 296 g/mol. The molecule has 2 aromatic carbocycles. The Morgan fingerprint density at radius 2 is 1.38 bits per heavy atom. The SMILES string of the molecule is CC(C)N=Cc1cc(C=NC(C)C)cc(OCc2ccccc2)c1. The van der Waals surface area contributed by atoms with Crippen LogP contribution in [0.2, 0.25) is 0 Å². The summed E-state index contributed by atoms with van der Waals surface area (Å²) in [6, 6.07) is 16.8. The minimum absolute atomic E-state index is 0.270. The second-order valence-electron chi connectivity index (χ2n) is 6.35. The second kappa shape index (κ2) is 9.02. The van der Waals surface area contributed by atoms with Gasteiger partial charge in [-0.15, -0.1) is 0 Å². The summed E-state index contributed by atoms with van der Waals surface area (Å²) in [7, 11) is 0. The lowest BCUT2D eigenvalue weighted by atomic mass is 10.1. The standard InChI is InChI=1S/C21H26N2O/c1-16(2)22-13-19-10-20(14-23-17(3)4)12-21(11-19)24-15-18-8-6-5-7-9-18/h5-14,16-17H,15H2,1-4H3. The van der Waals surface area contributed by atoms with Gasteiger partial charge < -0.3 is 4.74 Å². The van der Waals surface area contributed by atoms with Crippen molar-refractivity contribution in [2.24, 2.45) is 9.98 Å². The second-order valence-corrected chi connectivity index (χ2v) is 6.35. The van der Waals surface area contributed by atoms with Gasteiger partial charge in [0, 0.05) is 24.5 Å². The molecule has 0 aliphatic carbocycles. The smallest absolute Gasteiger partial charge is 0.121 e. The van der Waals surface area contributed by atoms with Gasteiger partial charge in [0.15, 0.2) is 0 Å². The molecular formula is C21H26N2O. The molecule has 0 atom stereocenters. The Balaban J connectivity index is 2.21. The molecule has 24 heavy (non-hydrogen) atoms. The topological polar surface area (TPSA) is 34.0 Å². The lowest BCUT2D eigenvalue weighted by molar-refractivity contribution is 0.306. The van der Waals surface area contributed by atoms with Crippen molar-refractivity contribution in [3.05, 3.63) is 65.2 Å². The van der Waals surface area contributed by atoms with Crippen LogP contribution in [0.3, 0.4) is 0 Å². The van der Waals surface area contributed by atoms with Gasteiger partial charge in [-0.1, -0.05) is 30.3 Å². The molecule has 3 heteroatoms. The van der Waals surface area contributed by atoms with E-state index in [4.69, 9.17) is 4.74 Å². The van der Waals surface area contributed by atoms with E-state index < -0.39 is 0 Å². The summed E-state index contributed by atoms with van der Waals surface area (Å²) in [6.45, 7) is 8.80. The average molecular weight is 322 g/mol. The third kappa shape index (κ3) is 6.37. The molecule has 0 heterocycles. The van der Waals surface area contributed by atoms with E-state index in [-0.39, 0.29) is 12.1 Å². The molecule has 126 valence electrons. The largest absolute Gasteiger partial charge is 0.489 e. The highest BCUT2D eigenvalue weighted by Gasteiger charge is 2.02. The molecule has 0 fully saturated rings. The zero-order valence-corrected chi connectivity index (χ0v) is 14.9. The van der Waals surface area contributed by atoms with Crippen LogP contribution in [0, 0.1) is 0 Å².